The first-order valence-electron chi connectivity index (χ1n) is 6.63. The zero-order valence-electron chi connectivity index (χ0n) is 11.5. The van der Waals surface area contributed by atoms with E-state index in [1.165, 1.54) is 12.1 Å². The predicted octanol–water partition coefficient (Wildman–Crippen LogP) is 5.27. The smallest absolute Gasteiger partial charge is 0.137 e. The third kappa shape index (κ3) is 4.25. The molecule has 0 aliphatic carbocycles. The normalized spacial score (nSPS) is 12.4. The van der Waals surface area contributed by atoms with E-state index in [-0.39, 0.29) is 17.7 Å². The van der Waals surface area contributed by atoms with Crippen molar-refractivity contribution in [1.29, 1.82) is 0 Å². The van der Waals surface area contributed by atoms with Crippen molar-refractivity contribution in [2.45, 2.75) is 19.4 Å². The molecule has 5 heteroatoms. The van der Waals surface area contributed by atoms with Gasteiger partial charge in [0.25, 0.3) is 0 Å². The Morgan fingerprint density at radius 2 is 1.90 bits per heavy atom. The second kappa shape index (κ2) is 7.34. The summed E-state index contributed by atoms with van der Waals surface area (Å²) >= 11 is 8.96. The Morgan fingerprint density at radius 1 is 1.14 bits per heavy atom. The van der Waals surface area contributed by atoms with Gasteiger partial charge in [0.2, 0.25) is 0 Å². The Labute approximate surface area is 136 Å². The first kappa shape index (κ1) is 16.4. The summed E-state index contributed by atoms with van der Waals surface area (Å²) < 4.78 is 27.8. The summed E-state index contributed by atoms with van der Waals surface area (Å²) in [6.45, 7) is 2.66. The summed E-state index contributed by atoms with van der Waals surface area (Å²) in [4.78, 5) is 0. The Kier molecular flexibility index (Phi) is 5.73. The highest BCUT2D eigenvalue weighted by atomic mass is 79.9. The molecule has 0 heterocycles. The van der Waals surface area contributed by atoms with Crippen molar-refractivity contribution in [2.24, 2.45) is 0 Å². The van der Waals surface area contributed by atoms with E-state index in [0.717, 1.165) is 5.56 Å². The molecule has 0 aromatic heterocycles. The Balaban J connectivity index is 2.28. The molecule has 0 amide bonds. The highest BCUT2D eigenvalue weighted by Gasteiger charge is 2.16. The van der Waals surface area contributed by atoms with Crippen LogP contribution in [0.1, 0.15) is 24.1 Å². The van der Waals surface area contributed by atoms with Gasteiger partial charge in [-0.25, -0.2) is 8.78 Å². The maximum atomic E-state index is 14.1. The number of hydrogen-bond donors (Lipinski definition) is 1. The van der Waals surface area contributed by atoms with Crippen molar-refractivity contribution < 1.29 is 8.78 Å². The molecule has 0 saturated carbocycles. The number of halogens is 4. The summed E-state index contributed by atoms with van der Waals surface area (Å²) in [5, 5.41) is 3.62. The van der Waals surface area contributed by atoms with Crippen LogP contribution >= 0.6 is 27.5 Å². The van der Waals surface area contributed by atoms with Crippen LogP contribution in [0.5, 0.6) is 0 Å². The van der Waals surface area contributed by atoms with Crippen molar-refractivity contribution in [3.05, 3.63) is 68.7 Å². The van der Waals surface area contributed by atoms with Crippen LogP contribution in [-0.2, 0) is 6.42 Å². The van der Waals surface area contributed by atoms with Gasteiger partial charge in [-0.3, -0.25) is 0 Å². The average Bonchev–Trinajstić information content (AvgIpc) is 2.42. The number of benzene rings is 2. The highest BCUT2D eigenvalue weighted by molar-refractivity contribution is 9.10. The molecule has 0 spiro atoms. The zero-order chi connectivity index (χ0) is 15.4. The highest BCUT2D eigenvalue weighted by Crippen LogP contribution is 2.25. The second-order valence-corrected chi connectivity index (χ2v) is 6.02. The first-order chi connectivity index (χ1) is 10.0. The lowest BCUT2D eigenvalue weighted by Crippen LogP contribution is -2.24. The third-order valence-corrected chi connectivity index (χ3v) is 4.06. The minimum absolute atomic E-state index is 0.190. The van der Waals surface area contributed by atoms with E-state index in [9.17, 15) is 8.78 Å². The van der Waals surface area contributed by atoms with Crippen LogP contribution in [0, 0.1) is 11.6 Å². The maximum Gasteiger partial charge on any atom is 0.137 e. The summed E-state index contributed by atoms with van der Waals surface area (Å²) in [6, 6.07) is 9.30. The summed E-state index contributed by atoms with van der Waals surface area (Å²) in [6.07, 6.45) is 0.561. The van der Waals surface area contributed by atoms with Gasteiger partial charge in [0.1, 0.15) is 11.6 Å². The van der Waals surface area contributed by atoms with E-state index in [4.69, 9.17) is 11.6 Å². The standard InChI is InChI=1S/C16H15BrClF2N/c1-2-21-16(12-5-4-11(18)9-15(12)20)8-10-3-6-14(19)13(17)7-10/h3-7,9,16,21H,2,8H2,1H3. The Hall–Kier alpha value is -0.970. The van der Waals surface area contributed by atoms with Gasteiger partial charge in [-0.15, -0.1) is 0 Å². The fourth-order valence-corrected chi connectivity index (χ4v) is 2.81. The molecule has 1 N–H and O–H groups in total. The van der Waals surface area contributed by atoms with Crippen LogP contribution in [0.4, 0.5) is 8.78 Å². The van der Waals surface area contributed by atoms with Gasteiger partial charge in [-0.1, -0.05) is 30.7 Å². The largest absolute Gasteiger partial charge is 0.310 e. The van der Waals surface area contributed by atoms with Gasteiger partial charge in [0.05, 0.1) is 4.47 Å². The van der Waals surface area contributed by atoms with E-state index in [1.807, 2.05) is 6.92 Å². The predicted molar refractivity (Wildman–Crippen MR) is 85.6 cm³/mol. The quantitative estimate of drug-likeness (QED) is 0.751. The van der Waals surface area contributed by atoms with Crippen LogP contribution in [0.25, 0.3) is 0 Å². The van der Waals surface area contributed by atoms with Gasteiger partial charge in [0.15, 0.2) is 0 Å². The van der Waals surface area contributed by atoms with Crippen molar-refractivity contribution >= 4 is 27.5 Å². The van der Waals surface area contributed by atoms with Crippen molar-refractivity contribution in [3.8, 4) is 0 Å². The molecule has 1 unspecified atom stereocenters. The van der Waals surface area contributed by atoms with Crippen LogP contribution in [0.15, 0.2) is 40.9 Å². The monoisotopic (exact) mass is 373 g/mol. The van der Waals surface area contributed by atoms with Crippen LogP contribution < -0.4 is 5.32 Å². The molecule has 0 aliphatic heterocycles. The molecule has 1 nitrogen and oxygen atoms in total. The van der Waals surface area contributed by atoms with E-state index >= 15 is 0 Å². The number of rotatable bonds is 5. The molecular formula is C16H15BrClF2N. The van der Waals surface area contributed by atoms with E-state index in [0.29, 0.717) is 28.0 Å². The van der Waals surface area contributed by atoms with Gasteiger partial charge >= 0.3 is 0 Å². The molecule has 0 radical (unpaired) electrons. The first-order valence-corrected chi connectivity index (χ1v) is 7.80. The topological polar surface area (TPSA) is 12.0 Å². The lowest BCUT2D eigenvalue weighted by Gasteiger charge is -2.19. The van der Waals surface area contributed by atoms with Crippen LogP contribution in [0.2, 0.25) is 5.02 Å². The molecule has 0 aliphatic rings. The van der Waals surface area contributed by atoms with Crippen molar-refractivity contribution in [2.75, 3.05) is 6.54 Å². The Morgan fingerprint density at radius 3 is 2.52 bits per heavy atom. The molecule has 2 rings (SSSR count). The Bertz CT molecular complexity index is 634. The molecule has 112 valence electrons. The maximum absolute atomic E-state index is 14.1. The molecular weight excluding hydrogens is 360 g/mol. The van der Waals surface area contributed by atoms with E-state index in [2.05, 4.69) is 21.2 Å². The molecule has 0 fully saturated rings. The fourth-order valence-electron chi connectivity index (χ4n) is 2.22. The molecule has 2 aromatic rings. The SMILES string of the molecule is CCNC(Cc1ccc(F)c(Br)c1)c1ccc(Cl)cc1F. The van der Waals surface area contributed by atoms with Gasteiger partial charge in [-0.2, -0.15) is 0 Å². The number of hydrogen-bond acceptors (Lipinski definition) is 1. The number of likely N-dealkylation sites (N-methyl/N-ethyl adjacent to an activating group) is 1. The third-order valence-electron chi connectivity index (χ3n) is 3.21. The van der Waals surface area contributed by atoms with Gasteiger partial charge in [-0.05, 0) is 58.7 Å². The molecule has 21 heavy (non-hydrogen) atoms. The zero-order valence-corrected chi connectivity index (χ0v) is 13.8. The number of nitrogens with one attached hydrogen (secondary N) is 1. The fraction of sp³-hybridized carbons (Fsp3) is 0.250. The van der Waals surface area contributed by atoms with Crippen molar-refractivity contribution in [3.63, 3.8) is 0 Å². The van der Waals surface area contributed by atoms with Gasteiger partial charge in [0, 0.05) is 16.6 Å². The summed E-state index contributed by atoms with van der Waals surface area (Å²) in [5.74, 6) is -0.647. The molecule has 0 saturated heterocycles. The average molecular weight is 375 g/mol. The molecule has 2 aromatic carbocycles. The lowest BCUT2D eigenvalue weighted by molar-refractivity contribution is 0.509. The molecule has 0 bridgehead atoms. The van der Waals surface area contributed by atoms with Crippen molar-refractivity contribution in [1.82, 2.24) is 5.32 Å². The minimum Gasteiger partial charge on any atom is -0.310 e. The lowest BCUT2D eigenvalue weighted by atomic mass is 9.98. The minimum atomic E-state index is -0.338. The van der Waals surface area contributed by atoms with Crippen LogP contribution in [-0.4, -0.2) is 6.54 Å². The summed E-state index contributed by atoms with van der Waals surface area (Å²) in [5.41, 5.74) is 1.48. The van der Waals surface area contributed by atoms with E-state index in [1.54, 1.807) is 24.3 Å². The molecule has 1 atom stereocenters. The van der Waals surface area contributed by atoms with Crippen LogP contribution in [0.3, 0.4) is 0 Å². The van der Waals surface area contributed by atoms with Gasteiger partial charge < -0.3 is 5.32 Å². The second-order valence-electron chi connectivity index (χ2n) is 4.73. The van der Waals surface area contributed by atoms with E-state index < -0.39 is 0 Å². The summed E-state index contributed by atoms with van der Waals surface area (Å²) in [7, 11) is 0.